The maximum absolute atomic E-state index is 12.3. The van der Waals surface area contributed by atoms with Crippen molar-refractivity contribution in [2.75, 3.05) is 19.6 Å². The van der Waals surface area contributed by atoms with Crippen LogP contribution in [0.4, 0.5) is 0 Å². The second-order valence-corrected chi connectivity index (χ2v) is 9.83. The fraction of sp³-hybridized carbons (Fsp3) is 0.500. The number of aryl methyl sites for hydroxylation is 1. The molecule has 3 aromatic rings. The predicted molar refractivity (Wildman–Crippen MR) is 123 cm³/mol. The highest BCUT2D eigenvalue weighted by atomic mass is 16.3. The number of aliphatic hydroxyl groups excluding tert-OH is 1. The van der Waals surface area contributed by atoms with Gasteiger partial charge in [-0.3, -0.25) is 9.69 Å². The molecule has 0 saturated carbocycles. The fourth-order valence-electron chi connectivity index (χ4n) is 6.51. The van der Waals surface area contributed by atoms with Crippen molar-refractivity contribution >= 4 is 10.9 Å². The molecule has 5 heteroatoms. The molecule has 4 heterocycles. The molecule has 6 rings (SSSR count). The molecule has 1 aliphatic carbocycles. The SMILES string of the molecule is O=c1cccc2n1C[C@@H]1C[C@@H]2CN(C[C@H](O)Cn2c3c(c4ccccc42)CCCC3)C1. The summed E-state index contributed by atoms with van der Waals surface area (Å²) in [5.74, 6) is 0.896. The third-order valence-electron chi connectivity index (χ3n) is 7.70. The number of piperidine rings is 1. The van der Waals surface area contributed by atoms with Crippen LogP contribution in [0, 0.1) is 5.92 Å². The molecule has 5 nitrogen and oxygen atoms in total. The molecule has 2 aromatic heterocycles. The summed E-state index contributed by atoms with van der Waals surface area (Å²) < 4.78 is 4.37. The zero-order valence-electron chi connectivity index (χ0n) is 18.0. The lowest BCUT2D eigenvalue weighted by Crippen LogP contribution is -2.49. The van der Waals surface area contributed by atoms with Gasteiger partial charge in [0.15, 0.2) is 0 Å². The summed E-state index contributed by atoms with van der Waals surface area (Å²) >= 11 is 0. The van der Waals surface area contributed by atoms with E-state index >= 15 is 0 Å². The van der Waals surface area contributed by atoms with Gasteiger partial charge in [-0.25, -0.2) is 0 Å². The summed E-state index contributed by atoms with van der Waals surface area (Å²) in [4.78, 5) is 14.7. The Bertz CT molecular complexity index is 1180. The molecule has 0 spiro atoms. The third kappa shape index (κ3) is 3.35. The average Bonchev–Trinajstić information content (AvgIpc) is 3.08. The van der Waals surface area contributed by atoms with Crippen molar-refractivity contribution in [2.24, 2.45) is 5.92 Å². The van der Waals surface area contributed by atoms with Crippen LogP contribution in [-0.4, -0.2) is 44.9 Å². The lowest BCUT2D eigenvalue weighted by atomic mass is 9.83. The molecule has 0 amide bonds. The van der Waals surface area contributed by atoms with Gasteiger partial charge < -0.3 is 14.2 Å². The zero-order valence-corrected chi connectivity index (χ0v) is 18.0. The summed E-state index contributed by atoms with van der Waals surface area (Å²) in [5, 5.41) is 12.5. The Labute approximate surface area is 182 Å². The molecule has 0 radical (unpaired) electrons. The molecule has 31 heavy (non-hydrogen) atoms. The van der Waals surface area contributed by atoms with Crippen molar-refractivity contribution < 1.29 is 5.11 Å². The normalized spacial score (nSPS) is 24.0. The average molecular weight is 418 g/mol. The molecule has 0 unspecified atom stereocenters. The van der Waals surface area contributed by atoms with Crippen molar-refractivity contribution in [1.82, 2.24) is 14.0 Å². The van der Waals surface area contributed by atoms with E-state index < -0.39 is 6.10 Å². The van der Waals surface area contributed by atoms with Gasteiger partial charge in [-0.1, -0.05) is 24.3 Å². The number of pyridine rings is 1. The Morgan fingerprint density at radius 2 is 1.84 bits per heavy atom. The number of fused-ring (bicyclic) bond motifs is 7. The highest BCUT2D eigenvalue weighted by Crippen LogP contribution is 2.35. The van der Waals surface area contributed by atoms with Gasteiger partial charge in [0, 0.05) is 60.5 Å². The predicted octanol–water partition coefficient (Wildman–Crippen LogP) is 3.16. The number of nitrogens with zero attached hydrogens (tertiary/aromatic N) is 3. The minimum atomic E-state index is -0.390. The van der Waals surface area contributed by atoms with Crippen LogP contribution in [0.25, 0.3) is 10.9 Å². The number of hydrogen-bond acceptors (Lipinski definition) is 3. The van der Waals surface area contributed by atoms with Crippen molar-refractivity contribution in [3.63, 3.8) is 0 Å². The Kier molecular flexibility index (Phi) is 4.77. The van der Waals surface area contributed by atoms with E-state index in [9.17, 15) is 9.90 Å². The first kappa shape index (κ1) is 19.3. The number of benzene rings is 1. The number of para-hydroxylation sites is 1. The van der Waals surface area contributed by atoms with Gasteiger partial charge in [0.1, 0.15) is 0 Å². The number of β-amino-alcohol motifs (C(OH)–C–C–N with tert-alkyl or cyclic N) is 1. The number of rotatable bonds is 4. The maximum atomic E-state index is 12.3. The van der Waals surface area contributed by atoms with Gasteiger partial charge >= 0.3 is 0 Å². The van der Waals surface area contributed by atoms with Crippen molar-refractivity contribution in [3.8, 4) is 0 Å². The first-order valence-electron chi connectivity index (χ1n) is 11.9. The van der Waals surface area contributed by atoms with Crippen molar-refractivity contribution in [1.29, 1.82) is 0 Å². The summed E-state index contributed by atoms with van der Waals surface area (Å²) in [5.41, 5.74) is 5.52. The highest BCUT2D eigenvalue weighted by molar-refractivity contribution is 5.85. The topological polar surface area (TPSA) is 50.4 Å². The monoisotopic (exact) mass is 417 g/mol. The number of aliphatic hydroxyl groups is 1. The van der Waals surface area contributed by atoms with E-state index in [2.05, 4.69) is 39.8 Å². The van der Waals surface area contributed by atoms with Crippen LogP contribution in [0.2, 0.25) is 0 Å². The zero-order chi connectivity index (χ0) is 20.9. The summed E-state index contributed by atoms with van der Waals surface area (Å²) in [6.07, 6.45) is 5.56. The molecular weight excluding hydrogens is 386 g/mol. The van der Waals surface area contributed by atoms with Crippen molar-refractivity contribution in [3.05, 3.63) is 69.8 Å². The van der Waals surface area contributed by atoms with E-state index in [1.54, 1.807) is 6.07 Å². The Hall–Kier alpha value is -2.37. The van der Waals surface area contributed by atoms with Gasteiger partial charge in [-0.05, 0) is 55.7 Å². The van der Waals surface area contributed by atoms with E-state index in [1.807, 2.05) is 10.6 Å². The Balaban J connectivity index is 1.21. The molecule has 1 fully saturated rings. The van der Waals surface area contributed by atoms with E-state index in [1.165, 1.54) is 40.7 Å². The summed E-state index contributed by atoms with van der Waals surface area (Å²) in [6.45, 7) is 4.08. The first-order chi connectivity index (χ1) is 15.2. The fourth-order valence-corrected chi connectivity index (χ4v) is 6.51. The van der Waals surface area contributed by atoms with E-state index in [0.29, 0.717) is 24.9 Å². The van der Waals surface area contributed by atoms with Crippen LogP contribution in [0.3, 0.4) is 0 Å². The third-order valence-corrected chi connectivity index (χ3v) is 7.70. The van der Waals surface area contributed by atoms with E-state index in [-0.39, 0.29) is 5.56 Å². The van der Waals surface area contributed by atoms with Crippen LogP contribution in [-0.2, 0) is 25.9 Å². The number of likely N-dealkylation sites (tertiary alicyclic amines) is 1. The van der Waals surface area contributed by atoms with E-state index in [4.69, 9.17) is 0 Å². The van der Waals surface area contributed by atoms with Gasteiger partial charge in [0.25, 0.3) is 5.56 Å². The quantitative estimate of drug-likeness (QED) is 0.710. The standard InChI is InChI=1S/C26H31N3O2/c30-20(17-28-24-8-3-1-6-21(24)22-7-2-4-9-25(22)28)16-27-13-18-12-19(15-27)23-10-5-11-26(31)29(23)14-18/h1,3,5-6,8,10-11,18-20,30H,2,4,7,9,12-17H2/t18-,19-,20+/m1/s1. The van der Waals surface area contributed by atoms with Gasteiger partial charge in [0.05, 0.1) is 12.6 Å². The molecule has 1 saturated heterocycles. The van der Waals surface area contributed by atoms with Crippen LogP contribution < -0.4 is 5.56 Å². The molecule has 2 bridgehead atoms. The van der Waals surface area contributed by atoms with Gasteiger partial charge in [-0.2, -0.15) is 0 Å². The molecule has 2 aliphatic heterocycles. The van der Waals surface area contributed by atoms with Crippen LogP contribution in [0.1, 0.15) is 42.1 Å². The second-order valence-electron chi connectivity index (χ2n) is 9.83. The van der Waals surface area contributed by atoms with Crippen molar-refractivity contribution in [2.45, 2.75) is 57.2 Å². The van der Waals surface area contributed by atoms with Gasteiger partial charge in [0.2, 0.25) is 0 Å². The largest absolute Gasteiger partial charge is 0.390 e. The minimum absolute atomic E-state index is 0.130. The highest BCUT2D eigenvalue weighted by Gasteiger charge is 2.35. The lowest BCUT2D eigenvalue weighted by molar-refractivity contribution is 0.0549. The molecule has 1 N–H and O–H groups in total. The Morgan fingerprint density at radius 1 is 0.968 bits per heavy atom. The van der Waals surface area contributed by atoms with Crippen LogP contribution >= 0.6 is 0 Å². The molecule has 3 aliphatic rings. The van der Waals surface area contributed by atoms with Gasteiger partial charge in [-0.15, -0.1) is 0 Å². The van der Waals surface area contributed by atoms with E-state index in [0.717, 1.165) is 38.9 Å². The van der Waals surface area contributed by atoms with Crippen LogP contribution in [0.15, 0.2) is 47.3 Å². The first-order valence-corrected chi connectivity index (χ1v) is 11.9. The minimum Gasteiger partial charge on any atom is -0.390 e. The smallest absolute Gasteiger partial charge is 0.250 e. The molecule has 3 atom stereocenters. The molecule has 1 aromatic carbocycles. The molecular formula is C26H31N3O2. The number of hydrogen-bond donors (Lipinski definition) is 1. The summed E-state index contributed by atoms with van der Waals surface area (Å²) in [7, 11) is 0. The maximum Gasteiger partial charge on any atom is 0.250 e. The summed E-state index contributed by atoms with van der Waals surface area (Å²) in [6, 6.07) is 14.4. The lowest BCUT2D eigenvalue weighted by Gasteiger charge is -2.43. The Morgan fingerprint density at radius 3 is 2.77 bits per heavy atom. The van der Waals surface area contributed by atoms with Crippen LogP contribution in [0.5, 0.6) is 0 Å². The second kappa shape index (κ2) is 7.64. The molecule has 162 valence electrons. The number of aromatic nitrogens is 2.